The van der Waals surface area contributed by atoms with E-state index in [2.05, 4.69) is 15.6 Å². The van der Waals surface area contributed by atoms with Gasteiger partial charge in [-0.25, -0.2) is 4.98 Å². The summed E-state index contributed by atoms with van der Waals surface area (Å²) in [7, 11) is 0. The summed E-state index contributed by atoms with van der Waals surface area (Å²) in [5.74, 6) is -0.133. The number of imidazole rings is 1. The molecule has 1 aromatic carbocycles. The molecule has 2 aromatic rings. The Morgan fingerprint density at radius 1 is 1.43 bits per heavy atom. The molecule has 0 unspecified atom stereocenters. The van der Waals surface area contributed by atoms with Crippen LogP contribution < -0.4 is 10.6 Å². The average Bonchev–Trinajstić information content (AvgIpc) is 2.73. The lowest BCUT2D eigenvalue weighted by molar-refractivity contribution is -0.124. The van der Waals surface area contributed by atoms with Gasteiger partial charge in [-0.05, 0) is 32.0 Å². The smallest absolute Gasteiger partial charge is 0.248 e. The third-order valence-corrected chi connectivity index (χ3v) is 3.31. The van der Waals surface area contributed by atoms with Gasteiger partial charge >= 0.3 is 0 Å². The Morgan fingerprint density at radius 3 is 2.76 bits per heavy atom. The number of carbonyl (C=O) groups is 2. The van der Waals surface area contributed by atoms with Crippen molar-refractivity contribution in [2.45, 2.75) is 33.4 Å². The Balaban J connectivity index is 2.29. The molecule has 0 saturated heterocycles. The molecule has 21 heavy (non-hydrogen) atoms. The van der Waals surface area contributed by atoms with Crippen molar-refractivity contribution in [3.8, 4) is 0 Å². The molecule has 0 fully saturated rings. The summed E-state index contributed by atoms with van der Waals surface area (Å²) in [6.07, 6.45) is 0. The highest BCUT2D eigenvalue weighted by Gasteiger charge is 2.17. The predicted octanol–water partition coefficient (Wildman–Crippen LogP) is 2.17. The molecule has 0 bridgehead atoms. The van der Waals surface area contributed by atoms with Crippen LogP contribution in [0.5, 0.6) is 0 Å². The van der Waals surface area contributed by atoms with E-state index in [4.69, 9.17) is 11.6 Å². The van der Waals surface area contributed by atoms with Crippen LogP contribution in [-0.4, -0.2) is 27.4 Å². The van der Waals surface area contributed by atoms with E-state index in [1.54, 1.807) is 19.1 Å². The molecule has 0 radical (unpaired) electrons. The molecular weight excluding hydrogens is 292 g/mol. The number of carbonyl (C=O) groups excluding carboxylic acids is 2. The highest BCUT2D eigenvalue weighted by atomic mass is 35.5. The summed E-state index contributed by atoms with van der Waals surface area (Å²) in [4.78, 5) is 27.4. The second-order valence-corrected chi connectivity index (χ2v) is 5.16. The number of hydrogen-bond acceptors (Lipinski definition) is 3. The molecule has 7 heteroatoms. The van der Waals surface area contributed by atoms with Gasteiger partial charge in [0.25, 0.3) is 0 Å². The third kappa shape index (κ3) is 3.33. The zero-order valence-corrected chi connectivity index (χ0v) is 12.9. The van der Waals surface area contributed by atoms with Crippen LogP contribution in [0.3, 0.4) is 0 Å². The van der Waals surface area contributed by atoms with Crippen LogP contribution in [0.4, 0.5) is 5.95 Å². The highest BCUT2D eigenvalue weighted by molar-refractivity contribution is 6.31. The van der Waals surface area contributed by atoms with E-state index in [0.29, 0.717) is 23.0 Å². The molecule has 2 N–H and O–H groups in total. The molecule has 0 saturated carbocycles. The van der Waals surface area contributed by atoms with Gasteiger partial charge in [0.1, 0.15) is 6.04 Å². The molecule has 0 aliphatic heterocycles. The Labute approximate surface area is 127 Å². The van der Waals surface area contributed by atoms with E-state index in [-0.39, 0.29) is 11.8 Å². The number of hydrogen-bond donors (Lipinski definition) is 2. The van der Waals surface area contributed by atoms with Crippen molar-refractivity contribution >= 4 is 40.4 Å². The second kappa shape index (κ2) is 6.13. The summed E-state index contributed by atoms with van der Waals surface area (Å²) >= 11 is 5.95. The first-order valence-electron chi connectivity index (χ1n) is 6.66. The Bertz CT molecular complexity index is 696. The van der Waals surface area contributed by atoms with Gasteiger partial charge in [-0.1, -0.05) is 11.6 Å². The molecule has 0 aliphatic carbocycles. The standard InChI is InChI=1S/C14H17ClN4O2/c1-4-19-12-6-5-10(15)7-11(12)17-14(19)18-13(21)8(2)16-9(3)20/h5-8H,4H2,1-3H3,(H,16,20)(H,17,18,21)/t8-/m1/s1. The number of fused-ring (bicyclic) bond motifs is 1. The van der Waals surface area contributed by atoms with Crippen LogP contribution in [0.25, 0.3) is 11.0 Å². The third-order valence-electron chi connectivity index (χ3n) is 3.07. The van der Waals surface area contributed by atoms with Crippen LogP contribution in [0.1, 0.15) is 20.8 Å². The van der Waals surface area contributed by atoms with E-state index in [1.807, 2.05) is 17.6 Å². The van der Waals surface area contributed by atoms with Crippen molar-refractivity contribution in [2.24, 2.45) is 0 Å². The van der Waals surface area contributed by atoms with Crippen molar-refractivity contribution in [3.63, 3.8) is 0 Å². The molecule has 0 spiro atoms. The minimum absolute atomic E-state index is 0.256. The van der Waals surface area contributed by atoms with Crippen LogP contribution in [0.2, 0.25) is 5.02 Å². The fourth-order valence-electron chi connectivity index (χ4n) is 2.11. The van der Waals surface area contributed by atoms with Crippen LogP contribution in [0.15, 0.2) is 18.2 Å². The number of amides is 2. The fourth-order valence-corrected chi connectivity index (χ4v) is 2.27. The number of nitrogens with one attached hydrogen (secondary N) is 2. The zero-order valence-electron chi connectivity index (χ0n) is 12.1. The summed E-state index contributed by atoms with van der Waals surface area (Å²) in [6, 6.07) is 4.76. The van der Waals surface area contributed by atoms with Crippen molar-refractivity contribution in [1.82, 2.24) is 14.9 Å². The van der Waals surface area contributed by atoms with Gasteiger partial charge in [0.05, 0.1) is 11.0 Å². The van der Waals surface area contributed by atoms with Gasteiger partial charge in [-0.2, -0.15) is 0 Å². The number of nitrogens with zero attached hydrogens (tertiary/aromatic N) is 2. The highest BCUT2D eigenvalue weighted by Crippen LogP contribution is 2.23. The maximum absolute atomic E-state index is 12.1. The second-order valence-electron chi connectivity index (χ2n) is 4.72. The Kier molecular flexibility index (Phi) is 4.47. The first-order chi connectivity index (χ1) is 9.92. The number of aryl methyl sites for hydroxylation is 1. The van der Waals surface area contributed by atoms with Gasteiger partial charge in [0, 0.05) is 18.5 Å². The Hall–Kier alpha value is -2.08. The first kappa shape index (κ1) is 15.3. The van der Waals surface area contributed by atoms with E-state index in [9.17, 15) is 9.59 Å². The van der Waals surface area contributed by atoms with Crippen molar-refractivity contribution in [1.29, 1.82) is 0 Å². The quantitative estimate of drug-likeness (QED) is 0.909. The summed E-state index contributed by atoms with van der Waals surface area (Å²) in [5.41, 5.74) is 1.61. The molecule has 1 atom stereocenters. The maximum atomic E-state index is 12.1. The monoisotopic (exact) mass is 308 g/mol. The van der Waals surface area contributed by atoms with Gasteiger partial charge < -0.3 is 9.88 Å². The molecule has 1 heterocycles. The Morgan fingerprint density at radius 2 is 2.14 bits per heavy atom. The SMILES string of the molecule is CCn1c(NC(=O)[C@@H](C)NC(C)=O)nc2cc(Cl)ccc21. The molecule has 6 nitrogen and oxygen atoms in total. The van der Waals surface area contributed by atoms with E-state index < -0.39 is 6.04 Å². The molecule has 2 rings (SSSR count). The number of rotatable bonds is 4. The van der Waals surface area contributed by atoms with Crippen LogP contribution >= 0.6 is 11.6 Å². The van der Waals surface area contributed by atoms with Crippen molar-refractivity contribution < 1.29 is 9.59 Å². The average molecular weight is 309 g/mol. The molecule has 112 valence electrons. The molecule has 1 aromatic heterocycles. The predicted molar refractivity (Wildman–Crippen MR) is 82.3 cm³/mol. The van der Waals surface area contributed by atoms with Gasteiger partial charge in [-0.15, -0.1) is 0 Å². The number of benzene rings is 1. The minimum atomic E-state index is -0.629. The number of anilines is 1. The summed E-state index contributed by atoms with van der Waals surface area (Å²) in [6.45, 7) is 5.60. The van der Waals surface area contributed by atoms with E-state index >= 15 is 0 Å². The van der Waals surface area contributed by atoms with Crippen molar-refractivity contribution in [2.75, 3.05) is 5.32 Å². The zero-order chi connectivity index (χ0) is 15.6. The summed E-state index contributed by atoms with van der Waals surface area (Å²) < 4.78 is 1.88. The van der Waals surface area contributed by atoms with Crippen molar-refractivity contribution in [3.05, 3.63) is 23.2 Å². The topological polar surface area (TPSA) is 76.0 Å². The molecule has 0 aliphatic rings. The van der Waals surface area contributed by atoms with Gasteiger partial charge in [-0.3, -0.25) is 14.9 Å². The largest absolute Gasteiger partial charge is 0.345 e. The lowest BCUT2D eigenvalue weighted by Crippen LogP contribution is -2.40. The van der Waals surface area contributed by atoms with Crippen LogP contribution in [0, 0.1) is 0 Å². The maximum Gasteiger partial charge on any atom is 0.248 e. The minimum Gasteiger partial charge on any atom is -0.345 e. The fraction of sp³-hybridized carbons (Fsp3) is 0.357. The van der Waals surface area contributed by atoms with E-state index in [1.165, 1.54) is 6.92 Å². The van der Waals surface area contributed by atoms with Crippen LogP contribution in [-0.2, 0) is 16.1 Å². The molecule has 2 amide bonds. The lowest BCUT2D eigenvalue weighted by atomic mass is 10.3. The normalized spacial score (nSPS) is 12.2. The van der Waals surface area contributed by atoms with E-state index in [0.717, 1.165) is 5.52 Å². The van der Waals surface area contributed by atoms with Gasteiger partial charge in [0.2, 0.25) is 17.8 Å². The molecular formula is C14H17ClN4O2. The first-order valence-corrected chi connectivity index (χ1v) is 7.04. The summed E-state index contributed by atoms with van der Waals surface area (Å²) in [5, 5.41) is 5.86. The van der Waals surface area contributed by atoms with Gasteiger partial charge in [0.15, 0.2) is 0 Å². The number of aromatic nitrogens is 2. The lowest BCUT2D eigenvalue weighted by Gasteiger charge is -2.13. The number of halogens is 1.